The molecule has 3 aromatic rings. The fourth-order valence-corrected chi connectivity index (χ4v) is 3.75. The number of hydrogen-bond donors (Lipinski definition) is 3. The second kappa shape index (κ2) is 10.2. The second-order valence-corrected chi connectivity index (χ2v) is 8.31. The quantitative estimate of drug-likeness (QED) is 0.493. The van der Waals surface area contributed by atoms with Gasteiger partial charge >= 0.3 is 0 Å². The summed E-state index contributed by atoms with van der Waals surface area (Å²) in [7, 11) is 0. The number of nitrogens with one attached hydrogen (secondary N) is 3. The number of anilines is 1. The second-order valence-electron chi connectivity index (χ2n) is 8.31. The first-order valence-corrected chi connectivity index (χ1v) is 11.2. The monoisotopic (exact) mass is 445 g/mol. The van der Waals surface area contributed by atoms with E-state index in [1.54, 1.807) is 31.5 Å². The molecule has 0 aliphatic heterocycles. The van der Waals surface area contributed by atoms with Crippen LogP contribution in [0.3, 0.4) is 0 Å². The molecule has 8 heteroatoms. The van der Waals surface area contributed by atoms with Crippen molar-refractivity contribution in [2.75, 3.05) is 5.32 Å². The average molecular weight is 446 g/mol. The highest BCUT2D eigenvalue weighted by atomic mass is 16.2. The maximum Gasteiger partial charge on any atom is 0.254 e. The van der Waals surface area contributed by atoms with E-state index in [0.29, 0.717) is 30.0 Å². The van der Waals surface area contributed by atoms with Crippen LogP contribution < -0.4 is 16.2 Å². The average Bonchev–Trinajstić information content (AvgIpc) is 2.76. The summed E-state index contributed by atoms with van der Waals surface area (Å²) in [5.74, 6) is 0.508. The molecule has 2 heterocycles. The van der Waals surface area contributed by atoms with Crippen molar-refractivity contribution >= 4 is 17.5 Å². The third kappa shape index (κ3) is 5.71. The Morgan fingerprint density at radius 2 is 1.94 bits per heavy atom. The van der Waals surface area contributed by atoms with E-state index in [2.05, 4.69) is 25.6 Å². The number of nitrogens with zero attached hydrogens (tertiary/aromatic N) is 2. The number of hydrogen-bond acceptors (Lipinski definition) is 5. The van der Waals surface area contributed by atoms with Crippen molar-refractivity contribution in [1.29, 1.82) is 0 Å². The molecule has 2 amide bonds. The number of carbonyl (C=O) groups excluding carboxylic acids is 2. The van der Waals surface area contributed by atoms with Crippen molar-refractivity contribution in [2.24, 2.45) is 5.92 Å². The molecule has 0 atom stereocenters. The molecule has 0 radical (unpaired) electrons. The predicted octanol–water partition coefficient (Wildman–Crippen LogP) is 3.13. The van der Waals surface area contributed by atoms with Gasteiger partial charge in [-0.2, -0.15) is 0 Å². The standard InChI is InChI=1S/C25H27N5O3/c1-16-21(25(33)30-23(28-16)18-10-12-26-13-11-18)8-9-22(31)27-15-17-4-2-7-20(14-17)29-24(32)19-5-3-6-19/h2,4,7,10-14,19H,3,5-6,8-9,15H2,1H3,(H,27,31)(H,29,32)(H,28,30,33). The zero-order valence-electron chi connectivity index (χ0n) is 18.6. The maximum absolute atomic E-state index is 12.5. The fraction of sp³-hybridized carbons (Fsp3) is 0.320. The fourth-order valence-electron chi connectivity index (χ4n) is 3.75. The summed E-state index contributed by atoms with van der Waals surface area (Å²) < 4.78 is 0. The highest BCUT2D eigenvalue weighted by Crippen LogP contribution is 2.27. The number of benzene rings is 1. The molecule has 0 spiro atoms. The first-order valence-electron chi connectivity index (χ1n) is 11.2. The Balaban J connectivity index is 1.30. The molecule has 1 saturated carbocycles. The maximum atomic E-state index is 12.5. The van der Waals surface area contributed by atoms with Gasteiger partial charge in [0, 0.05) is 53.8 Å². The van der Waals surface area contributed by atoms with E-state index in [1.807, 2.05) is 24.3 Å². The van der Waals surface area contributed by atoms with E-state index in [-0.39, 0.29) is 29.7 Å². The Morgan fingerprint density at radius 3 is 2.64 bits per heavy atom. The van der Waals surface area contributed by atoms with Crippen LogP contribution in [0.25, 0.3) is 11.4 Å². The Labute approximate surface area is 191 Å². The largest absolute Gasteiger partial charge is 0.352 e. The Kier molecular flexibility index (Phi) is 6.92. The molecule has 1 aliphatic rings. The van der Waals surface area contributed by atoms with Crippen LogP contribution in [0.5, 0.6) is 0 Å². The summed E-state index contributed by atoms with van der Waals surface area (Å²) >= 11 is 0. The molecule has 3 N–H and O–H groups in total. The number of aryl methyl sites for hydroxylation is 1. The summed E-state index contributed by atoms with van der Waals surface area (Å²) in [6.45, 7) is 2.12. The molecular weight excluding hydrogens is 418 g/mol. The van der Waals surface area contributed by atoms with Gasteiger partial charge in [0.2, 0.25) is 11.8 Å². The minimum atomic E-state index is -0.239. The van der Waals surface area contributed by atoms with Gasteiger partial charge in [-0.15, -0.1) is 0 Å². The van der Waals surface area contributed by atoms with Crippen LogP contribution in [0.2, 0.25) is 0 Å². The lowest BCUT2D eigenvalue weighted by Crippen LogP contribution is -2.28. The van der Waals surface area contributed by atoms with Gasteiger partial charge in [-0.3, -0.25) is 19.4 Å². The highest BCUT2D eigenvalue weighted by Gasteiger charge is 2.25. The van der Waals surface area contributed by atoms with E-state index in [9.17, 15) is 14.4 Å². The number of rotatable bonds is 8. The molecule has 0 saturated heterocycles. The normalized spacial score (nSPS) is 13.2. The molecule has 0 unspecified atom stereocenters. The lowest BCUT2D eigenvalue weighted by atomic mass is 9.85. The van der Waals surface area contributed by atoms with Crippen LogP contribution in [-0.4, -0.2) is 26.8 Å². The smallest absolute Gasteiger partial charge is 0.254 e. The summed E-state index contributed by atoms with van der Waals surface area (Å²) in [5.41, 5.74) is 3.28. The third-order valence-corrected chi connectivity index (χ3v) is 5.94. The molecule has 33 heavy (non-hydrogen) atoms. The summed E-state index contributed by atoms with van der Waals surface area (Å²) in [6, 6.07) is 11.0. The van der Waals surface area contributed by atoms with Gasteiger partial charge in [0.05, 0.1) is 0 Å². The van der Waals surface area contributed by atoms with Gasteiger partial charge in [0.1, 0.15) is 5.82 Å². The van der Waals surface area contributed by atoms with Crippen LogP contribution in [0.1, 0.15) is 42.5 Å². The number of carbonyl (C=O) groups is 2. The van der Waals surface area contributed by atoms with Crippen molar-refractivity contribution < 1.29 is 9.59 Å². The summed E-state index contributed by atoms with van der Waals surface area (Å²) in [5, 5.41) is 5.83. The van der Waals surface area contributed by atoms with Crippen molar-refractivity contribution in [3.8, 4) is 11.4 Å². The molecule has 2 aromatic heterocycles. The van der Waals surface area contributed by atoms with E-state index >= 15 is 0 Å². The van der Waals surface area contributed by atoms with Crippen molar-refractivity contribution in [1.82, 2.24) is 20.3 Å². The Morgan fingerprint density at radius 1 is 1.15 bits per heavy atom. The van der Waals surface area contributed by atoms with Gasteiger partial charge in [0.15, 0.2) is 0 Å². The molecule has 0 bridgehead atoms. The minimum Gasteiger partial charge on any atom is -0.352 e. The number of pyridine rings is 1. The van der Waals surface area contributed by atoms with E-state index in [4.69, 9.17) is 0 Å². The van der Waals surface area contributed by atoms with Gasteiger partial charge < -0.3 is 15.6 Å². The SMILES string of the molecule is Cc1nc(-c2ccncc2)[nH]c(=O)c1CCC(=O)NCc1cccc(NC(=O)C2CCC2)c1. The topological polar surface area (TPSA) is 117 Å². The highest BCUT2D eigenvalue weighted by molar-refractivity contribution is 5.93. The van der Waals surface area contributed by atoms with Gasteiger partial charge in [-0.1, -0.05) is 18.6 Å². The van der Waals surface area contributed by atoms with Crippen molar-refractivity contribution in [3.05, 3.63) is 76.0 Å². The van der Waals surface area contributed by atoms with Gasteiger partial charge in [0.25, 0.3) is 5.56 Å². The molecule has 170 valence electrons. The molecule has 1 aliphatic carbocycles. The molecule has 1 fully saturated rings. The molecule has 1 aromatic carbocycles. The van der Waals surface area contributed by atoms with E-state index in [1.165, 1.54) is 0 Å². The van der Waals surface area contributed by atoms with Crippen LogP contribution in [0.15, 0.2) is 53.6 Å². The van der Waals surface area contributed by atoms with Gasteiger partial charge in [-0.05, 0) is 56.0 Å². The number of amides is 2. The third-order valence-electron chi connectivity index (χ3n) is 5.94. The van der Waals surface area contributed by atoms with E-state index < -0.39 is 0 Å². The minimum absolute atomic E-state index is 0.0617. The zero-order chi connectivity index (χ0) is 23.2. The zero-order valence-corrected chi connectivity index (χ0v) is 18.6. The number of aromatic amines is 1. The number of H-pyrrole nitrogens is 1. The molecule has 4 rings (SSSR count). The number of aromatic nitrogens is 3. The first kappa shape index (κ1) is 22.4. The van der Waals surface area contributed by atoms with Gasteiger partial charge in [-0.25, -0.2) is 4.98 Å². The van der Waals surface area contributed by atoms with E-state index in [0.717, 1.165) is 36.1 Å². The first-order chi connectivity index (χ1) is 16.0. The van der Waals surface area contributed by atoms with Crippen LogP contribution in [0, 0.1) is 12.8 Å². The summed E-state index contributed by atoms with van der Waals surface area (Å²) in [6.07, 6.45) is 6.77. The van der Waals surface area contributed by atoms with Crippen molar-refractivity contribution in [2.45, 2.75) is 45.6 Å². The summed E-state index contributed by atoms with van der Waals surface area (Å²) in [4.78, 5) is 48.3. The predicted molar refractivity (Wildman–Crippen MR) is 125 cm³/mol. The lowest BCUT2D eigenvalue weighted by Gasteiger charge is -2.24. The van der Waals surface area contributed by atoms with Crippen LogP contribution >= 0.6 is 0 Å². The lowest BCUT2D eigenvalue weighted by molar-refractivity contribution is -0.122. The molecular formula is C25H27N5O3. The Bertz CT molecular complexity index is 1200. The molecule has 8 nitrogen and oxygen atoms in total. The Hall–Kier alpha value is -3.81. The van der Waals surface area contributed by atoms with Crippen LogP contribution in [-0.2, 0) is 22.6 Å². The van der Waals surface area contributed by atoms with Crippen molar-refractivity contribution in [3.63, 3.8) is 0 Å². The van der Waals surface area contributed by atoms with Crippen LogP contribution in [0.4, 0.5) is 5.69 Å².